The summed E-state index contributed by atoms with van der Waals surface area (Å²) in [7, 11) is 0. The second-order valence-corrected chi connectivity index (χ2v) is 5.49. The summed E-state index contributed by atoms with van der Waals surface area (Å²) in [6.07, 6.45) is 4.15. The molecule has 0 fully saturated rings. The third-order valence-corrected chi connectivity index (χ3v) is 3.96. The van der Waals surface area contributed by atoms with E-state index in [-0.39, 0.29) is 0 Å². The second kappa shape index (κ2) is 7.93. The average molecular weight is 286 g/mol. The number of nitrogens with one attached hydrogen (secondary N) is 1. The van der Waals surface area contributed by atoms with Crippen LogP contribution in [0.3, 0.4) is 0 Å². The van der Waals surface area contributed by atoms with Crippen molar-refractivity contribution in [1.82, 2.24) is 15.1 Å². The zero-order valence-corrected chi connectivity index (χ0v) is 13.3. The van der Waals surface area contributed by atoms with E-state index in [1.807, 2.05) is 18.3 Å². The van der Waals surface area contributed by atoms with Crippen molar-refractivity contribution < 1.29 is 0 Å². The summed E-state index contributed by atoms with van der Waals surface area (Å²) in [6.45, 7) is 10.1. The highest BCUT2D eigenvalue weighted by Gasteiger charge is 2.08. The Labute approximate surface area is 127 Å². The topological polar surface area (TPSA) is 41.0 Å². The minimum absolute atomic E-state index is 0.403. The third kappa shape index (κ3) is 4.39. The van der Waals surface area contributed by atoms with E-state index < -0.39 is 0 Å². The Bertz CT molecular complexity index is 546. The van der Waals surface area contributed by atoms with Gasteiger partial charge in [0.25, 0.3) is 0 Å². The predicted molar refractivity (Wildman–Crippen MR) is 89.6 cm³/mol. The van der Waals surface area contributed by atoms with Crippen LogP contribution in [0.1, 0.15) is 33.6 Å². The molecule has 4 nitrogen and oxygen atoms in total. The van der Waals surface area contributed by atoms with Crippen LogP contribution in [0.25, 0.3) is 10.8 Å². The largest absolute Gasteiger partial charge is 0.366 e. The molecule has 4 heteroatoms. The van der Waals surface area contributed by atoms with Crippen molar-refractivity contribution in [3.8, 4) is 0 Å². The van der Waals surface area contributed by atoms with Gasteiger partial charge in [-0.1, -0.05) is 38.1 Å². The summed E-state index contributed by atoms with van der Waals surface area (Å²) < 4.78 is 0. The van der Waals surface area contributed by atoms with Crippen LogP contribution in [0.4, 0.5) is 5.82 Å². The van der Waals surface area contributed by atoms with Gasteiger partial charge in [0.05, 0.1) is 6.20 Å². The lowest BCUT2D eigenvalue weighted by Gasteiger charge is -2.20. The maximum absolute atomic E-state index is 4.25. The highest BCUT2D eigenvalue weighted by Crippen LogP contribution is 2.20. The Morgan fingerprint density at radius 3 is 2.71 bits per heavy atom. The molecule has 0 aliphatic rings. The molecular weight excluding hydrogens is 260 g/mol. The highest BCUT2D eigenvalue weighted by atomic mass is 15.2. The van der Waals surface area contributed by atoms with Gasteiger partial charge in [0.1, 0.15) is 0 Å². The van der Waals surface area contributed by atoms with E-state index in [0.717, 1.165) is 36.1 Å². The molecule has 2 aromatic rings. The first-order valence-corrected chi connectivity index (χ1v) is 7.94. The first-order chi connectivity index (χ1) is 10.2. The van der Waals surface area contributed by atoms with Crippen LogP contribution in [0.15, 0.2) is 30.5 Å². The molecule has 0 aliphatic heterocycles. The van der Waals surface area contributed by atoms with Gasteiger partial charge >= 0.3 is 0 Å². The number of hydrogen-bond donors (Lipinski definition) is 1. The fraction of sp³-hybridized carbons (Fsp3) is 0.529. The van der Waals surface area contributed by atoms with Gasteiger partial charge in [-0.05, 0) is 39.4 Å². The first kappa shape index (κ1) is 15.7. The highest BCUT2D eigenvalue weighted by molar-refractivity contribution is 5.90. The van der Waals surface area contributed by atoms with Gasteiger partial charge in [-0.2, -0.15) is 5.10 Å². The lowest BCUT2D eigenvalue weighted by molar-refractivity contribution is 0.295. The van der Waals surface area contributed by atoms with Crippen molar-refractivity contribution in [2.24, 2.45) is 0 Å². The zero-order chi connectivity index (χ0) is 15.1. The van der Waals surface area contributed by atoms with E-state index in [1.54, 1.807) is 0 Å². The van der Waals surface area contributed by atoms with Crippen LogP contribution in [0.5, 0.6) is 0 Å². The molecule has 1 unspecified atom stereocenters. The van der Waals surface area contributed by atoms with Gasteiger partial charge in [-0.25, -0.2) is 0 Å². The molecule has 0 saturated carbocycles. The van der Waals surface area contributed by atoms with Crippen LogP contribution >= 0.6 is 0 Å². The predicted octanol–water partition coefficient (Wildman–Crippen LogP) is 3.55. The monoisotopic (exact) mass is 286 g/mol. The normalized spacial score (nSPS) is 12.8. The van der Waals surface area contributed by atoms with Crippen molar-refractivity contribution in [2.75, 3.05) is 25.0 Å². The second-order valence-electron chi connectivity index (χ2n) is 5.49. The molecule has 0 amide bonds. The molecule has 0 spiro atoms. The van der Waals surface area contributed by atoms with Gasteiger partial charge in [0.15, 0.2) is 5.82 Å². The number of benzene rings is 1. The molecule has 0 saturated heterocycles. The lowest BCUT2D eigenvalue weighted by atomic mass is 10.1. The van der Waals surface area contributed by atoms with E-state index >= 15 is 0 Å². The first-order valence-electron chi connectivity index (χ1n) is 7.94. The van der Waals surface area contributed by atoms with Crippen molar-refractivity contribution in [3.63, 3.8) is 0 Å². The van der Waals surface area contributed by atoms with Crippen molar-refractivity contribution in [2.45, 2.75) is 39.7 Å². The maximum atomic E-state index is 4.25. The molecular formula is C17H26N4. The Morgan fingerprint density at radius 2 is 1.95 bits per heavy atom. The Balaban J connectivity index is 1.91. The van der Waals surface area contributed by atoms with Gasteiger partial charge in [-0.15, -0.1) is 5.10 Å². The average Bonchev–Trinajstić information content (AvgIpc) is 2.52. The van der Waals surface area contributed by atoms with E-state index in [2.05, 4.69) is 53.3 Å². The number of hydrogen-bond acceptors (Lipinski definition) is 4. The number of rotatable bonds is 8. The van der Waals surface area contributed by atoms with Crippen LogP contribution in [0, 0.1) is 0 Å². The molecule has 114 valence electrons. The number of nitrogens with zero attached hydrogens (tertiary/aromatic N) is 3. The zero-order valence-electron chi connectivity index (χ0n) is 13.3. The number of anilines is 1. The summed E-state index contributed by atoms with van der Waals surface area (Å²) in [6, 6.07) is 8.64. The Morgan fingerprint density at radius 1 is 1.19 bits per heavy atom. The fourth-order valence-corrected chi connectivity index (χ4v) is 2.60. The van der Waals surface area contributed by atoms with Crippen LogP contribution < -0.4 is 5.32 Å². The number of fused-ring (bicyclic) bond motifs is 1. The summed E-state index contributed by atoms with van der Waals surface area (Å²) in [5.41, 5.74) is 0. The molecule has 1 aromatic heterocycles. The van der Waals surface area contributed by atoms with Crippen molar-refractivity contribution in [3.05, 3.63) is 30.5 Å². The van der Waals surface area contributed by atoms with Crippen LogP contribution in [-0.4, -0.2) is 40.8 Å². The number of aromatic nitrogens is 2. The molecule has 0 radical (unpaired) electrons. The van der Waals surface area contributed by atoms with E-state index in [1.165, 1.54) is 13.0 Å². The standard InChI is InChI=1S/C17H26N4/c1-4-21(5-2)12-8-9-14(3)19-17-16-11-7-6-10-15(16)13-18-20-17/h6-7,10-11,13-14H,4-5,8-9,12H2,1-3H3,(H,19,20). The van der Waals surface area contributed by atoms with Crippen LogP contribution in [0.2, 0.25) is 0 Å². The molecule has 0 bridgehead atoms. The molecule has 0 aliphatic carbocycles. The van der Waals surface area contributed by atoms with E-state index in [4.69, 9.17) is 0 Å². The summed E-state index contributed by atoms with van der Waals surface area (Å²) >= 11 is 0. The molecule has 1 heterocycles. The SMILES string of the molecule is CCN(CC)CCCC(C)Nc1nncc2ccccc12. The summed E-state index contributed by atoms with van der Waals surface area (Å²) in [5, 5.41) is 14.1. The maximum Gasteiger partial charge on any atom is 0.156 e. The van der Waals surface area contributed by atoms with Crippen LogP contribution in [-0.2, 0) is 0 Å². The molecule has 2 rings (SSSR count). The Hall–Kier alpha value is -1.68. The van der Waals surface area contributed by atoms with Gasteiger partial charge in [0, 0.05) is 16.8 Å². The minimum Gasteiger partial charge on any atom is -0.366 e. The molecule has 1 aromatic carbocycles. The van der Waals surface area contributed by atoms with Gasteiger partial charge in [-0.3, -0.25) is 0 Å². The van der Waals surface area contributed by atoms with Crippen molar-refractivity contribution >= 4 is 16.6 Å². The van der Waals surface area contributed by atoms with Gasteiger partial charge in [0.2, 0.25) is 0 Å². The minimum atomic E-state index is 0.403. The Kier molecular flexibility index (Phi) is 5.93. The van der Waals surface area contributed by atoms with Crippen molar-refractivity contribution in [1.29, 1.82) is 0 Å². The van der Waals surface area contributed by atoms with E-state index in [0.29, 0.717) is 6.04 Å². The molecule has 21 heavy (non-hydrogen) atoms. The summed E-state index contributed by atoms with van der Waals surface area (Å²) in [5.74, 6) is 0.892. The quantitative estimate of drug-likeness (QED) is 0.805. The third-order valence-electron chi connectivity index (χ3n) is 3.96. The molecule has 1 N–H and O–H groups in total. The summed E-state index contributed by atoms with van der Waals surface area (Å²) in [4.78, 5) is 2.46. The van der Waals surface area contributed by atoms with Gasteiger partial charge < -0.3 is 10.2 Å². The molecule has 1 atom stereocenters. The lowest BCUT2D eigenvalue weighted by Crippen LogP contribution is -2.25. The smallest absolute Gasteiger partial charge is 0.156 e. The van der Waals surface area contributed by atoms with E-state index in [9.17, 15) is 0 Å². The fourth-order valence-electron chi connectivity index (χ4n) is 2.60.